The van der Waals surface area contributed by atoms with Gasteiger partial charge in [-0.15, -0.1) is 0 Å². The topological polar surface area (TPSA) is 126 Å². The molecule has 2 aliphatic carbocycles. The molecule has 0 unspecified atom stereocenters. The first-order valence-corrected chi connectivity index (χ1v) is 10.7. The third-order valence-corrected chi connectivity index (χ3v) is 6.35. The smallest absolute Gasteiger partial charge is 0.274 e. The number of amides is 1. The minimum atomic E-state index is -2.92. The van der Waals surface area contributed by atoms with Gasteiger partial charge in [0.25, 0.3) is 17.4 Å². The molecule has 3 aromatic heterocycles. The highest BCUT2D eigenvalue weighted by molar-refractivity contribution is 6.00. The van der Waals surface area contributed by atoms with Crippen molar-refractivity contribution in [3.63, 3.8) is 0 Å². The van der Waals surface area contributed by atoms with Crippen molar-refractivity contribution in [2.45, 2.75) is 49.8 Å². The number of alkyl halides is 2. The van der Waals surface area contributed by atoms with Crippen LogP contribution in [-0.2, 0) is 0 Å². The number of nitrogens with zero attached hydrogens (tertiary/aromatic N) is 4. The molecule has 2 fully saturated rings. The molecule has 0 bridgehead atoms. The molecule has 5 rings (SSSR count). The second-order valence-electron chi connectivity index (χ2n) is 8.37. The number of halogens is 2. The molecule has 0 aromatic carbocycles. The summed E-state index contributed by atoms with van der Waals surface area (Å²) in [7, 11) is 1.66. The predicted molar refractivity (Wildman–Crippen MR) is 116 cm³/mol. The summed E-state index contributed by atoms with van der Waals surface area (Å²) in [5.74, 6) is -2.88. The number of hydrogen-bond acceptors (Lipinski definition) is 7. The third kappa shape index (κ3) is 3.59. The Hall–Kier alpha value is -3.54. The van der Waals surface area contributed by atoms with Crippen LogP contribution in [0.25, 0.3) is 5.65 Å². The zero-order valence-electron chi connectivity index (χ0n) is 17.8. The Morgan fingerprint density at radius 1 is 1.30 bits per heavy atom. The zero-order chi connectivity index (χ0) is 23.3. The van der Waals surface area contributed by atoms with Gasteiger partial charge in [-0.05, 0) is 31.4 Å². The molecule has 33 heavy (non-hydrogen) atoms. The minimum absolute atomic E-state index is 0.0425. The van der Waals surface area contributed by atoms with E-state index in [4.69, 9.17) is 0 Å². The Morgan fingerprint density at radius 2 is 2.12 bits per heavy atom. The van der Waals surface area contributed by atoms with E-state index in [0.717, 1.165) is 0 Å². The fourth-order valence-electron chi connectivity index (χ4n) is 4.08. The molecule has 0 spiro atoms. The van der Waals surface area contributed by atoms with Crippen LogP contribution in [0.2, 0.25) is 0 Å². The van der Waals surface area contributed by atoms with Crippen molar-refractivity contribution in [2.24, 2.45) is 0 Å². The van der Waals surface area contributed by atoms with E-state index >= 15 is 0 Å². The lowest BCUT2D eigenvalue weighted by Crippen LogP contribution is -2.55. The standard InChI is InChI=1S/C21H23F2N7O3/c1-24-17-9-16(26-12-3-2-8-29(20(12)33)13-4-5-14(13)31)28-18-11(10-25-30(17)18)19(32)27-15-6-7-21(15,22)23/h2-3,8-10,13-15,24,31H,4-7H2,1H3,(H,26,28)(H,27,32)/t13-,14+,15-/m0/s1. The number of carbonyl (C=O) groups is 1. The highest BCUT2D eigenvalue weighted by Gasteiger charge is 2.49. The second-order valence-corrected chi connectivity index (χ2v) is 8.37. The Balaban J connectivity index is 1.47. The molecule has 4 N–H and O–H groups in total. The van der Waals surface area contributed by atoms with Crippen molar-refractivity contribution in [3.05, 3.63) is 46.5 Å². The van der Waals surface area contributed by atoms with Gasteiger partial charge in [0.2, 0.25) is 0 Å². The zero-order valence-corrected chi connectivity index (χ0v) is 17.8. The summed E-state index contributed by atoms with van der Waals surface area (Å²) in [5, 5.41) is 22.4. The summed E-state index contributed by atoms with van der Waals surface area (Å²) in [4.78, 5) is 30.0. The van der Waals surface area contributed by atoms with Crippen LogP contribution in [-0.4, -0.2) is 55.3 Å². The number of fused-ring (bicyclic) bond motifs is 1. The lowest BCUT2D eigenvalue weighted by Gasteiger charge is -2.36. The Bertz CT molecular complexity index is 1290. The summed E-state index contributed by atoms with van der Waals surface area (Å²) < 4.78 is 30.1. The summed E-state index contributed by atoms with van der Waals surface area (Å²) in [6.45, 7) is 0. The van der Waals surface area contributed by atoms with Crippen LogP contribution in [0.1, 0.15) is 42.1 Å². The molecule has 0 aliphatic heterocycles. The van der Waals surface area contributed by atoms with Crippen LogP contribution < -0.4 is 21.5 Å². The molecule has 0 radical (unpaired) electrons. The van der Waals surface area contributed by atoms with E-state index in [1.807, 2.05) is 0 Å². The summed E-state index contributed by atoms with van der Waals surface area (Å²) >= 11 is 0. The Labute approximate surface area is 186 Å². The van der Waals surface area contributed by atoms with E-state index < -0.39 is 24.0 Å². The van der Waals surface area contributed by atoms with Crippen molar-refractivity contribution in [1.29, 1.82) is 0 Å². The van der Waals surface area contributed by atoms with E-state index in [1.165, 1.54) is 15.3 Å². The van der Waals surface area contributed by atoms with Gasteiger partial charge in [0.1, 0.15) is 22.9 Å². The van der Waals surface area contributed by atoms with Gasteiger partial charge in [-0.1, -0.05) is 0 Å². The first-order valence-electron chi connectivity index (χ1n) is 10.7. The van der Waals surface area contributed by atoms with Crippen LogP contribution in [0.4, 0.5) is 26.1 Å². The molecule has 0 saturated heterocycles. The van der Waals surface area contributed by atoms with Gasteiger partial charge in [0, 0.05) is 25.7 Å². The molecule has 12 heteroatoms. The van der Waals surface area contributed by atoms with Gasteiger partial charge < -0.3 is 25.6 Å². The first kappa shape index (κ1) is 21.3. The molecule has 174 valence electrons. The molecule has 3 aromatic rings. The fourth-order valence-corrected chi connectivity index (χ4v) is 4.08. The van der Waals surface area contributed by atoms with Gasteiger partial charge in [0.05, 0.1) is 24.4 Å². The van der Waals surface area contributed by atoms with Gasteiger partial charge >= 0.3 is 0 Å². The van der Waals surface area contributed by atoms with Crippen LogP contribution in [0.15, 0.2) is 35.4 Å². The number of nitrogens with one attached hydrogen (secondary N) is 3. The van der Waals surface area contributed by atoms with Crippen LogP contribution >= 0.6 is 0 Å². The lowest BCUT2D eigenvalue weighted by atomic mass is 9.88. The minimum Gasteiger partial charge on any atom is -0.391 e. The summed E-state index contributed by atoms with van der Waals surface area (Å²) in [6.07, 6.45) is 3.66. The second kappa shape index (κ2) is 7.80. The molecular weight excluding hydrogens is 436 g/mol. The monoisotopic (exact) mass is 459 g/mol. The lowest BCUT2D eigenvalue weighted by molar-refractivity contribution is -0.102. The maximum absolute atomic E-state index is 13.6. The van der Waals surface area contributed by atoms with Crippen LogP contribution in [0.3, 0.4) is 0 Å². The SMILES string of the molecule is CNc1cc(Nc2cccn([C@H]3CC[C@H]3O)c2=O)nc2c(C(=O)N[C@H]3CCC3(F)F)cnn12. The summed E-state index contributed by atoms with van der Waals surface area (Å²) in [5.41, 5.74) is 0.124. The van der Waals surface area contributed by atoms with Crippen LogP contribution in [0.5, 0.6) is 0 Å². The van der Waals surface area contributed by atoms with Crippen molar-refractivity contribution >= 4 is 28.9 Å². The maximum Gasteiger partial charge on any atom is 0.274 e. The van der Waals surface area contributed by atoms with Gasteiger partial charge in [-0.2, -0.15) is 9.61 Å². The number of aliphatic hydroxyl groups excluding tert-OH is 1. The number of aliphatic hydroxyl groups is 1. The van der Waals surface area contributed by atoms with Crippen molar-refractivity contribution in [2.75, 3.05) is 17.7 Å². The van der Waals surface area contributed by atoms with Crippen molar-refractivity contribution in [1.82, 2.24) is 24.5 Å². The maximum atomic E-state index is 13.6. The number of carbonyl (C=O) groups excluding carboxylic acids is 1. The van der Waals surface area contributed by atoms with E-state index in [2.05, 4.69) is 26.0 Å². The fraction of sp³-hybridized carbons (Fsp3) is 0.429. The number of rotatable bonds is 6. The Kier molecular flexibility index (Phi) is 5.04. The average molecular weight is 459 g/mol. The van der Waals surface area contributed by atoms with E-state index in [0.29, 0.717) is 18.7 Å². The van der Waals surface area contributed by atoms with Crippen molar-refractivity contribution in [3.8, 4) is 0 Å². The number of anilines is 3. The van der Waals surface area contributed by atoms with E-state index in [9.17, 15) is 23.5 Å². The first-order chi connectivity index (χ1) is 15.8. The highest BCUT2D eigenvalue weighted by atomic mass is 19.3. The number of hydrogen-bond donors (Lipinski definition) is 4. The average Bonchev–Trinajstić information content (AvgIpc) is 3.21. The molecule has 1 amide bonds. The molecule has 2 saturated carbocycles. The molecular formula is C21H23F2N7O3. The molecule has 2 aliphatic rings. The van der Waals surface area contributed by atoms with Gasteiger partial charge in [-0.3, -0.25) is 9.59 Å². The molecule has 3 heterocycles. The Morgan fingerprint density at radius 3 is 2.73 bits per heavy atom. The number of aromatic nitrogens is 4. The van der Waals surface area contributed by atoms with Gasteiger partial charge in [0.15, 0.2) is 5.65 Å². The highest BCUT2D eigenvalue weighted by Crippen LogP contribution is 2.37. The third-order valence-electron chi connectivity index (χ3n) is 6.35. The van der Waals surface area contributed by atoms with Gasteiger partial charge in [-0.25, -0.2) is 13.8 Å². The van der Waals surface area contributed by atoms with Crippen molar-refractivity contribution < 1.29 is 18.7 Å². The molecule has 3 atom stereocenters. The van der Waals surface area contributed by atoms with E-state index in [1.54, 1.807) is 31.4 Å². The molecule has 10 nitrogen and oxygen atoms in total. The predicted octanol–water partition coefficient (Wildman–Crippen LogP) is 1.90. The van der Waals surface area contributed by atoms with Crippen LogP contribution in [0, 0.1) is 0 Å². The summed E-state index contributed by atoms with van der Waals surface area (Å²) in [6, 6.07) is 3.42. The largest absolute Gasteiger partial charge is 0.391 e. The normalized spacial score (nSPS) is 23.5. The number of pyridine rings is 1. The van der Waals surface area contributed by atoms with E-state index in [-0.39, 0.29) is 47.2 Å². The quantitative estimate of drug-likeness (QED) is 0.444.